The molecule has 5 rings (SSSR count). The van der Waals surface area contributed by atoms with Crippen LogP contribution in [0.4, 0.5) is 5.82 Å². The quantitative estimate of drug-likeness (QED) is 0.564. The lowest BCUT2D eigenvalue weighted by Crippen LogP contribution is -2.46. The van der Waals surface area contributed by atoms with Gasteiger partial charge in [-0.15, -0.1) is 10.2 Å². The topological polar surface area (TPSA) is 63.6 Å². The van der Waals surface area contributed by atoms with Gasteiger partial charge in [0.2, 0.25) is 0 Å². The van der Waals surface area contributed by atoms with Gasteiger partial charge in [-0.25, -0.2) is 9.50 Å². The molecule has 0 N–H and O–H groups in total. The summed E-state index contributed by atoms with van der Waals surface area (Å²) in [5, 5.41) is 13.0. The number of hydrogen-bond donors (Lipinski definition) is 0. The highest BCUT2D eigenvalue weighted by Gasteiger charge is 2.33. The van der Waals surface area contributed by atoms with Crippen LogP contribution < -0.4 is 4.90 Å². The molecule has 1 fully saturated rings. The Labute approximate surface area is 132 Å². The molecule has 4 aromatic rings. The second kappa shape index (κ2) is 4.52. The molecule has 7 heteroatoms. The highest BCUT2D eigenvalue weighted by atomic mass is 15.3. The number of rotatable bonds is 2. The lowest BCUT2D eigenvalue weighted by molar-refractivity contribution is 0.493. The van der Waals surface area contributed by atoms with Gasteiger partial charge in [0.1, 0.15) is 11.3 Å². The summed E-state index contributed by atoms with van der Waals surface area (Å²) in [5.41, 5.74) is 2.95. The van der Waals surface area contributed by atoms with Gasteiger partial charge < -0.3 is 4.90 Å². The maximum Gasteiger partial charge on any atom is 0.160 e. The lowest BCUT2D eigenvalue weighted by Gasteiger charge is -2.39. The van der Waals surface area contributed by atoms with Crippen LogP contribution in [0.25, 0.3) is 11.2 Å². The van der Waals surface area contributed by atoms with Crippen molar-refractivity contribution >= 4 is 17.0 Å². The van der Waals surface area contributed by atoms with Gasteiger partial charge in [0, 0.05) is 31.7 Å². The first-order valence-corrected chi connectivity index (χ1v) is 7.65. The number of aryl methyl sites for hydroxylation is 1. The Balaban J connectivity index is 1.46. The highest BCUT2D eigenvalue weighted by Crippen LogP contribution is 2.32. The molecular weight excluding hydrogens is 290 g/mol. The van der Waals surface area contributed by atoms with Crippen molar-refractivity contribution in [2.45, 2.75) is 12.8 Å². The van der Waals surface area contributed by atoms with E-state index in [0.717, 1.165) is 41.6 Å². The van der Waals surface area contributed by atoms with Crippen molar-refractivity contribution in [1.29, 1.82) is 0 Å². The summed E-state index contributed by atoms with van der Waals surface area (Å²) in [7, 11) is 0. The number of hydrogen-bond acceptors (Lipinski definition) is 5. The second-order valence-corrected chi connectivity index (χ2v) is 5.96. The van der Waals surface area contributed by atoms with E-state index in [9.17, 15) is 0 Å². The summed E-state index contributed by atoms with van der Waals surface area (Å²) >= 11 is 0. The van der Waals surface area contributed by atoms with Gasteiger partial charge in [0.15, 0.2) is 11.5 Å². The standard InChI is InChI=1S/C16H15N7/c1-11-8-13-16(17-5-7-23(13)20-11)21-9-12(10-21)15-19-18-14-4-2-3-6-22(14)15/h2-8,12H,9-10H2,1H3. The first kappa shape index (κ1) is 12.6. The SMILES string of the molecule is Cc1cc2c(N3CC(c4nnc5ccccn45)C3)nccn2n1. The Bertz CT molecular complexity index is 1010. The molecule has 0 aromatic carbocycles. The molecule has 0 radical (unpaired) electrons. The van der Waals surface area contributed by atoms with Crippen LogP contribution in [0, 0.1) is 6.92 Å². The van der Waals surface area contributed by atoms with Crippen LogP contribution in [0.5, 0.6) is 0 Å². The first-order chi connectivity index (χ1) is 11.3. The van der Waals surface area contributed by atoms with Gasteiger partial charge in [0.05, 0.1) is 11.6 Å². The number of pyridine rings is 1. The van der Waals surface area contributed by atoms with Crippen LogP contribution in [-0.2, 0) is 0 Å². The number of aromatic nitrogens is 6. The Morgan fingerprint density at radius 2 is 2.04 bits per heavy atom. The molecule has 0 saturated carbocycles. The molecule has 1 aliphatic heterocycles. The third-order valence-corrected chi connectivity index (χ3v) is 4.38. The average molecular weight is 305 g/mol. The zero-order valence-corrected chi connectivity index (χ0v) is 12.7. The maximum absolute atomic E-state index is 4.54. The summed E-state index contributed by atoms with van der Waals surface area (Å²) in [4.78, 5) is 6.81. The third-order valence-electron chi connectivity index (χ3n) is 4.38. The van der Waals surface area contributed by atoms with E-state index in [2.05, 4.69) is 35.6 Å². The lowest BCUT2D eigenvalue weighted by atomic mass is 9.99. The predicted molar refractivity (Wildman–Crippen MR) is 85.7 cm³/mol. The molecule has 5 heterocycles. The third kappa shape index (κ3) is 1.82. The minimum absolute atomic E-state index is 0.374. The van der Waals surface area contributed by atoms with Gasteiger partial charge in [-0.3, -0.25) is 4.40 Å². The molecule has 0 atom stereocenters. The van der Waals surface area contributed by atoms with Crippen molar-refractivity contribution in [3.05, 3.63) is 54.4 Å². The van der Waals surface area contributed by atoms with E-state index in [1.165, 1.54) is 0 Å². The molecule has 0 amide bonds. The number of anilines is 1. The van der Waals surface area contributed by atoms with E-state index in [1.54, 1.807) is 6.20 Å². The normalized spacial score (nSPS) is 15.4. The van der Waals surface area contributed by atoms with Crippen LogP contribution >= 0.6 is 0 Å². The average Bonchev–Trinajstić information content (AvgIpc) is 3.09. The van der Waals surface area contributed by atoms with Crippen LogP contribution in [0.3, 0.4) is 0 Å². The van der Waals surface area contributed by atoms with Gasteiger partial charge in [-0.1, -0.05) is 6.07 Å². The fraction of sp³-hybridized carbons (Fsp3) is 0.250. The summed E-state index contributed by atoms with van der Waals surface area (Å²) in [5.74, 6) is 2.38. The Morgan fingerprint density at radius 1 is 1.13 bits per heavy atom. The fourth-order valence-electron chi connectivity index (χ4n) is 3.23. The minimum Gasteiger partial charge on any atom is -0.353 e. The predicted octanol–water partition coefficient (Wildman–Crippen LogP) is 1.68. The molecule has 114 valence electrons. The van der Waals surface area contributed by atoms with Gasteiger partial charge in [-0.2, -0.15) is 5.10 Å². The van der Waals surface area contributed by atoms with E-state index >= 15 is 0 Å². The van der Waals surface area contributed by atoms with Crippen LogP contribution in [0.15, 0.2) is 42.9 Å². The Morgan fingerprint density at radius 3 is 2.96 bits per heavy atom. The summed E-state index contributed by atoms with van der Waals surface area (Å²) in [6.45, 7) is 3.79. The zero-order valence-electron chi connectivity index (χ0n) is 12.7. The fourth-order valence-corrected chi connectivity index (χ4v) is 3.23. The molecule has 0 aliphatic carbocycles. The first-order valence-electron chi connectivity index (χ1n) is 7.65. The van der Waals surface area contributed by atoms with E-state index in [-0.39, 0.29) is 0 Å². The molecule has 0 unspecified atom stereocenters. The van der Waals surface area contributed by atoms with E-state index in [0.29, 0.717) is 5.92 Å². The minimum atomic E-state index is 0.374. The molecule has 4 aromatic heterocycles. The maximum atomic E-state index is 4.54. The Hall–Kier alpha value is -2.96. The highest BCUT2D eigenvalue weighted by molar-refractivity contribution is 5.70. The van der Waals surface area contributed by atoms with Gasteiger partial charge in [0.25, 0.3) is 0 Å². The van der Waals surface area contributed by atoms with Gasteiger partial charge >= 0.3 is 0 Å². The summed E-state index contributed by atoms with van der Waals surface area (Å²) in [6, 6.07) is 8.04. The van der Waals surface area contributed by atoms with Crippen molar-refractivity contribution in [3.63, 3.8) is 0 Å². The number of nitrogens with zero attached hydrogens (tertiary/aromatic N) is 7. The van der Waals surface area contributed by atoms with Gasteiger partial charge in [-0.05, 0) is 25.1 Å². The zero-order chi connectivity index (χ0) is 15.4. The van der Waals surface area contributed by atoms with E-state index < -0.39 is 0 Å². The van der Waals surface area contributed by atoms with Crippen LogP contribution in [0.1, 0.15) is 17.4 Å². The molecular formula is C16H15N7. The molecule has 1 aliphatic rings. The second-order valence-electron chi connectivity index (χ2n) is 5.96. The van der Waals surface area contributed by atoms with Crippen molar-refractivity contribution in [1.82, 2.24) is 29.2 Å². The van der Waals surface area contributed by atoms with E-state index in [1.807, 2.05) is 42.0 Å². The largest absolute Gasteiger partial charge is 0.353 e. The molecule has 0 bridgehead atoms. The van der Waals surface area contributed by atoms with Crippen molar-refractivity contribution in [3.8, 4) is 0 Å². The number of fused-ring (bicyclic) bond motifs is 2. The van der Waals surface area contributed by atoms with E-state index in [4.69, 9.17) is 0 Å². The molecule has 0 spiro atoms. The monoisotopic (exact) mass is 305 g/mol. The van der Waals surface area contributed by atoms with Crippen LogP contribution in [0.2, 0.25) is 0 Å². The molecule has 1 saturated heterocycles. The summed E-state index contributed by atoms with van der Waals surface area (Å²) < 4.78 is 3.95. The summed E-state index contributed by atoms with van der Waals surface area (Å²) in [6.07, 6.45) is 5.70. The smallest absolute Gasteiger partial charge is 0.160 e. The van der Waals surface area contributed by atoms with Crippen molar-refractivity contribution < 1.29 is 0 Å². The molecule has 23 heavy (non-hydrogen) atoms. The van der Waals surface area contributed by atoms with Crippen molar-refractivity contribution in [2.24, 2.45) is 0 Å². The Kier molecular flexibility index (Phi) is 2.47. The molecule has 7 nitrogen and oxygen atoms in total. The van der Waals surface area contributed by atoms with Crippen LogP contribution in [-0.4, -0.2) is 42.3 Å². The van der Waals surface area contributed by atoms with Crippen molar-refractivity contribution in [2.75, 3.05) is 18.0 Å².